The van der Waals surface area contributed by atoms with E-state index in [0.717, 1.165) is 31.1 Å². The van der Waals surface area contributed by atoms with Gasteiger partial charge in [0, 0.05) is 19.1 Å². The van der Waals surface area contributed by atoms with Crippen LogP contribution in [0.4, 0.5) is 0 Å². The van der Waals surface area contributed by atoms with E-state index >= 15 is 0 Å². The van der Waals surface area contributed by atoms with E-state index in [2.05, 4.69) is 22.1 Å². The minimum atomic E-state index is -0.175. The molecular formula is C20H28N4O2. The highest BCUT2D eigenvalue weighted by molar-refractivity contribution is 5.81. The number of nitrogens with one attached hydrogen (secondary N) is 1. The topological polar surface area (TPSA) is 67.2 Å². The molecule has 0 radical (unpaired) electrons. The molecule has 1 fully saturated rings. The van der Waals surface area contributed by atoms with Gasteiger partial charge in [0.05, 0.1) is 17.2 Å². The molecule has 2 heterocycles. The Bertz CT molecular complexity index is 845. The van der Waals surface area contributed by atoms with Crippen LogP contribution >= 0.6 is 0 Å². The lowest BCUT2D eigenvalue weighted by molar-refractivity contribution is -0.122. The molecule has 0 unspecified atom stereocenters. The van der Waals surface area contributed by atoms with Gasteiger partial charge in [-0.25, -0.2) is 4.98 Å². The molecule has 0 saturated carbocycles. The van der Waals surface area contributed by atoms with Gasteiger partial charge >= 0.3 is 0 Å². The van der Waals surface area contributed by atoms with Crippen molar-refractivity contribution >= 4 is 16.8 Å². The smallest absolute Gasteiger partial charge is 0.261 e. The van der Waals surface area contributed by atoms with Gasteiger partial charge in [-0.3, -0.25) is 14.2 Å². The Balaban J connectivity index is 1.62. The van der Waals surface area contributed by atoms with Crippen LogP contribution in [0.2, 0.25) is 0 Å². The quantitative estimate of drug-likeness (QED) is 0.889. The average Bonchev–Trinajstić information content (AvgIpc) is 2.58. The Morgan fingerprint density at radius 2 is 2.23 bits per heavy atom. The summed E-state index contributed by atoms with van der Waals surface area (Å²) in [4.78, 5) is 31.7. The summed E-state index contributed by atoms with van der Waals surface area (Å²) in [6.07, 6.45) is 3.97. The summed E-state index contributed by atoms with van der Waals surface area (Å²) in [5, 5.41) is 3.56. The largest absolute Gasteiger partial charge is 0.351 e. The highest BCUT2D eigenvalue weighted by Gasteiger charge is 2.19. The van der Waals surface area contributed by atoms with Crippen molar-refractivity contribution in [2.75, 3.05) is 19.6 Å². The van der Waals surface area contributed by atoms with Crippen LogP contribution in [0.15, 0.2) is 29.3 Å². The van der Waals surface area contributed by atoms with Crippen molar-refractivity contribution in [2.24, 2.45) is 5.92 Å². The van der Waals surface area contributed by atoms with Crippen LogP contribution in [0.5, 0.6) is 0 Å². The Hall–Kier alpha value is -2.21. The zero-order valence-corrected chi connectivity index (χ0v) is 15.9. The van der Waals surface area contributed by atoms with Crippen molar-refractivity contribution in [3.8, 4) is 0 Å². The molecule has 3 rings (SSSR count). The monoisotopic (exact) mass is 356 g/mol. The number of amides is 1. The van der Waals surface area contributed by atoms with Gasteiger partial charge in [-0.15, -0.1) is 0 Å². The summed E-state index contributed by atoms with van der Waals surface area (Å²) in [5.41, 5.74) is 1.48. The number of carbonyl (C=O) groups is 1. The number of likely N-dealkylation sites (tertiary alicyclic amines) is 1. The first kappa shape index (κ1) is 18.6. The van der Waals surface area contributed by atoms with Crippen molar-refractivity contribution < 1.29 is 4.79 Å². The second kappa shape index (κ2) is 7.99. The predicted octanol–water partition coefficient (Wildman–Crippen LogP) is 1.94. The number of hydrogen-bond acceptors (Lipinski definition) is 4. The van der Waals surface area contributed by atoms with E-state index in [4.69, 9.17) is 0 Å². The van der Waals surface area contributed by atoms with Crippen molar-refractivity contribution in [1.82, 2.24) is 19.8 Å². The van der Waals surface area contributed by atoms with E-state index in [1.807, 2.05) is 26.0 Å². The number of fused-ring (bicyclic) bond motifs is 1. The third kappa shape index (κ3) is 4.30. The van der Waals surface area contributed by atoms with Crippen LogP contribution in [0.1, 0.15) is 32.3 Å². The normalized spacial score (nSPS) is 19.4. The van der Waals surface area contributed by atoms with E-state index in [9.17, 15) is 9.59 Å². The second-order valence-corrected chi connectivity index (χ2v) is 7.62. The lowest BCUT2D eigenvalue weighted by Gasteiger charge is -2.32. The Morgan fingerprint density at radius 1 is 1.42 bits per heavy atom. The second-order valence-electron chi connectivity index (χ2n) is 7.62. The lowest BCUT2D eigenvalue weighted by Crippen LogP contribution is -2.46. The predicted molar refractivity (Wildman–Crippen MR) is 103 cm³/mol. The standard InChI is InChI=1S/C20H28N4O2/c1-14-6-5-9-23(10-14)11-16(3)22-18(25)12-24-13-21-19-15(2)7-4-8-17(19)20(24)26/h4,7-8,13-14,16H,5-6,9-12H2,1-3H3,(H,22,25)/t14-,16+/m0/s1. The summed E-state index contributed by atoms with van der Waals surface area (Å²) in [7, 11) is 0. The van der Waals surface area contributed by atoms with E-state index in [-0.39, 0.29) is 24.1 Å². The van der Waals surface area contributed by atoms with Crippen LogP contribution in [0, 0.1) is 12.8 Å². The molecule has 2 aromatic rings. The fourth-order valence-corrected chi connectivity index (χ4v) is 3.81. The molecule has 6 heteroatoms. The number of piperidine rings is 1. The van der Waals surface area contributed by atoms with Crippen molar-refractivity contribution in [2.45, 2.75) is 46.2 Å². The number of carbonyl (C=O) groups excluding carboxylic acids is 1. The fraction of sp³-hybridized carbons (Fsp3) is 0.550. The van der Waals surface area contributed by atoms with Crippen molar-refractivity contribution in [3.05, 3.63) is 40.4 Å². The first-order valence-electron chi connectivity index (χ1n) is 9.40. The minimum Gasteiger partial charge on any atom is -0.351 e. The Morgan fingerprint density at radius 3 is 3.00 bits per heavy atom. The summed E-state index contributed by atoms with van der Waals surface area (Å²) >= 11 is 0. The molecule has 1 aromatic carbocycles. The average molecular weight is 356 g/mol. The third-order valence-corrected chi connectivity index (χ3v) is 5.05. The molecule has 2 atom stereocenters. The molecule has 1 saturated heterocycles. The number of aromatic nitrogens is 2. The van der Waals surface area contributed by atoms with Crippen LogP contribution in [0.3, 0.4) is 0 Å². The highest BCUT2D eigenvalue weighted by Crippen LogP contribution is 2.15. The van der Waals surface area contributed by atoms with Gasteiger partial charge in [0.25, 0.3) is 5.56 Å². The van der Waals surface area contributed by atoms with Crippen molar-refractivity contribution in [1.29, 1.82) is 0 Å². The van der Waals surface area contributed by atoms with Gasteiger partial charge < -0.3 is 10.2 Å². The number of hydrogen-bond donors (Lipinski definition) is 1. The van der Waals surface area contributed by atoms with Crippen molar-refractivity contribution in [3.63, 3.8) is 0 Å². The number of benzene rings is 1. The zero-order valence-electron chi connectivity index (χ0n) is 15.9. The minimum absolute atomic E-state index is 0.00351. The van der Waals surface area contributed by atoms with Gasteiger partial charge in [0.15, 0.2) is 0 Å². The van der Waals surface area contributed by atoms with Gasteiger partial charge in [-0.05, 0) is 50.8 Å². The summed E-state index contributed by atoms with van der Waals surface area (Å²) in [6.45, 7) is 9.25. The summed E-state index contributed by atoms with van der Waals surface area (Å²) in [5.74, 6) is 0.566. The first-order valence-corrected chi connectivity index (χ1v) is 9.40. The molecule has 1 aliphatic rings. The summed E-state index contributed by atoms with van der Waals surface area (Å²) < 4.78 is 1.38. The molecule has 26 heavy (non-hydrogen) atoms. The van der Waals surface area contributed by atoms with E-state index in [0.29, 0.717) is 10.9 Å². The number of aryl methyl sites for hydroxylation is 1. The lowest BCUT2D eigenvalue weighted by atomic mass is 10.00. The van der Waals surface area contributed by atoms with Gasteiger partial charge in [0.2, 0.25) is 5.91 Å². The van der Waals surface area contributed by atoms with Crippen LogP contribution < -0.4 is 10.9 Å². The fourth-order valence-electron chi connectivity index (χ4n) is 3.81. The molecule has 140 valence electrons. The van der Waals surface area contributed by atoms with Crippen LogP contribution in [-0.2, 0) is 11.3 Å². The van der Waals surface area contributed by atoms with E-state index in [1.54, 1.807) is 6.07 Å². The third-order valence-electron chi connectivity index (χ3n) is 5.05. The molecule has 1 aromatic heterocycles. The van der Waals surface area contributed by atoms with Gasteiger partial charge in [-0.1, -0.05) is 19.1 Å². The molecule has 0 spiro atoms. The molecule has 1 aliphatic heterocycles. The number of rotatable bonds is 5. The van der Waals surface area contributed by atoms with E-state index in [1.165, 1.54) is 23.7 Å². The zero-order chi connectivity index (χ0) is 18.7. The molecule has 6 nitrogen and oxygen atoms in total. The molecular weight excluding hydrogens is 328 g/mol. The molecule has 0 bridgehead atoms. The SMILES string of the molecule is Cc1cccc2c(=O)n(CC(=O)N[C@H](C)CN3CCC[C@H](C)C3)cnc12. The molecule has 0 aliphatic carbocycles. The molecule has 1 N–H and O–H groups in total. The Labute approximate surface area is 154 Å². The van der Waals surface area contributed by atoms with Gasteiger partial charge in [0.1, 0.15) is 6.54 Å². The first-order chi connectivity index (χ1) is 12.4. The maximum absolute atomic E-state index is 12.6. The maximum Gasteiger partial charge on any atom is 0.261 e. The van der Waals surface area contributed by atoms with Gasteiger partial charge in [-0.2, -0.15) is 0 Å². The summed E-state index contributed by atoms with van der Waals surface area (Å²) in [6, 6.07) is 5.58. The number of nitrogens with zero attached hydrogens (tertiary/aromatic N) is 3. The van der Waals surface area contributed by atoms with Crippen LogP contribution in [0.25, 0.3) is 10.9 Å². The van der Waals surface area contributed by atoms with E-state index < -0.39 is 0 Å². The Kier molecular flexibility index (Phi) is 5.71. The molecule has 1 amide bonds. The number of para-hydroxylation sites is 1. The highest BCUT2D eigenvalue weighted by atomic mass is 16.2. The van der Waals surface area contributed by atoms with Crippen LogP contribution in [-0.4, -0.2) is 46.0 Å². The maximum atomic E-state index is 12.6.